The van der Waals surface area contributed by atoms with Crippen LogP contribution in [0.25, 0.3) is 11.5 Å². The van der Waals surface area contributed by atoms with E-state index < -0.39 is 15.7 Å². The SMILES string of the molecule is O=S(=O)(c1ccc(F)cc1)c1nc(-c2ccc(Br)cc2)oc1NCc1ccco1. The van der Waals surface area contributed by atoms with Crippen molar-refractivity contribution in [3.8, 4) is 11.5 Å². The summed E-state index contributed by atoms with van der Waals surface area (Å²) < 4.78 is 51.3. The second-order valence-corrected chi connectivity index (χ2v) is 8.83. The highest BCUT2D eigenvalue weighted by Gasteiger charge is 2.28. The van der Waals surface area contributed by atoms with Gasteiger partial charge in [-0.2, -0.15) is 4.98 Å². The number of benzene rings is 2. The molecule has 2 aromatic carbocycles. The largest absolute Gasteiger partial charge is 0.467 e. The van der Waals surface area contributed by atoms with Gasteiger partial charge < -0.3 is 14.2 Å². The van der Waals surface area contributed by atoms with Gasteiger partial charge in [-0.1, -0.05) is 15.9 Å². The van der Waals surface area contributed by atoms with E-state index in [0.29, 0.717) is 11.3 Å². The molecule has 0 radical (unpaired) electrons. The van der Waals surface area contributed by atoms with E-state index in [4.69, 9.17) is 8.83 Å². The van der Waals surface area contributed by atoms with Crippen LogP contribution in [0.2, 0.25) is 0 Å². The van der Waals surface area contributed by atoms with Crippen LogP contribution in [0.1, 0.15) is 5.76 Å². The molecule has 0 aliphatic rings. The van der Waals surface area contributed by atoms with Crippen LogP contribution in [0.5, 0.6) is 0 Å². The van der Waals surface area contributed by atoms with Crippen LogP contribution >= 0.6 is 15.9 Å². The van der Waals surface area contributed by atoms with Crippen molar-refractivity contribution in [1.29, 1.82) is 0 Å². The maximum Gasteiger partial charge on any atom is 0.234 e. The number of nitrogens with zero attached hydrogens (tertiary/aromatic N) is 1. The van der Waals surface area contributed by atoms with Gasteiger partial charge in [0.2, 0.25) is 26.6 Å². The molecule has 4 aromatic rings. The van der Waals surface area contributed by atoms with Crippen molar-refractivity contribution < 1.29 is 21.6 Å². The van der Waals surface area contributed by atoms with Gasteiger partial charge in [0.15, 0.2) is 0 Å². The highest BCUT2D eigenvalue weighted by molar-refractivity contribution is 9.10. The number of hydrogen-bond donors (Lipinski definition) is 1. The number of furan rings is 1. The third kappa shape index (κ3) is 4.10. The molecular weight excluding hydrogens is 463 g/mol. The normalized spacial score (nSPS) is 11.5. The zero-order valence-electron chi connectivity index (χ0n) is 14.8. The highest BCUT2D eigenvalue weighted by atomic mass is 79.9. The number of halogens is 2. The zero-order chi connectivity index (χ0) is 20.4. The van der Waals surface area contributed by atoms with E-state index >= 15 is 0 Å². The number of nitrogens with one attached hydrogen (secondary N) is 1. The Morgan fingerprint density at radius 2 is 1.76 bits per heavy atom. The maximum atomic E-state index is 13.2. The summed E-state index contributed by atoms with van der Waals surface area (Å²) in [7, 11) is -4.05. The average molecular weight is 477 g/mol. The lowest BCUT2D eigenvalue weighted by Gasteiger charge is -2.05. The van der Waals surface area contributed by atoms with Crippen molar-refractivity contribution in [1.82, 2.24) is 4.98 Å². The number of aromatic nitrogens is 1. The lowest BCUT2D eigenvalue weighted by atomic mass is 10.2. The maximum absolute atomic E-state index is 13.2. The lowest BCUT2D eigenvalue weighted by molar-refractivity contribution is 0.511. The molecule has 0 amide bonds. The summed E-state index contributed by atoms with van der Waals surface area (Å²) in [6.07, 6.45) is 1.51. The molecule has 0 aliphatic carbocycles. The van der Waals surface area contributed by atoms with Gasteiger partial charge in [-0.25, -0.2) is 12.8 Å². The molecule has 0 saturated carbocycles. The first-order valence-corrected chi connectivity index (χ1v) is 10.7. The van der Waals surface area contributed by atoms with Gasteiger partial charge in [-0.15, -0.1) is 0 Å². The van der Waals surface area contributed by atoms with Gasteiger partial charge in [0.1, 0.15) is 11.6 Å². The molecule has 0 aliphatic heterocycles. The van der Waals surface area contributed by atoms with Gasteiger partial charge in [-0.05, 0) is 60.7 Å². The lowest BCUT2D eigenvalue weighted by Crippen LogP contribution is -2.07. The van der Waals surface area contributed by atoms with E-state index in [1.807, 2.05) is 0 Å². The van der Waals surface area contributed by atoms with Gasteiger partial charge in [0, 0.05) is 10.0 Å². The van der Waals surface area contributed by atoms with E-state index in [0.717, 1.165) is 16.6 Å². The second-order valence-electron chi connectivity index (χ2n) is 6.05. The van der Waals surface area contributed by atoms with Crippen LogP contribution in [0, 0.1) is 5.82 Å². The highest BCUT2D eigenvalue weighted by Crippen LogP contribution is 2.33. The minimum atomic E-state index is -4.05. The molecule has 2 aromatic heterocycles. The van der Waals surface area contributed by atoms with Gasteiger partial charge in [-0.3, -0.25) is 0 Å². The van der Waals surface area contributed by atoms with Crippen LogP contribution in [0.15, 0.2) is 90.2 Å². The van der Waals surface area contributed by atoms with Crippen LogP contribution in [-0.2, 0) is 16.4 Å². The molecule has 0 bridgehead atoms. The number of rotatable bonds is 6. The number of oxazole rings is 1. The van der Waals surface area contributed by atoms with Gasteiger partial charge >= 0.3 is 0 Å². The monoisotopic (exact) mass is 476 g/mol. The Morgan fingerprint density at radius 1 is 1.03 bits per heavy atom. The first-order valence-electron chi connectivity index (χ1n) is 8.47. The summed E-state index contributed by atoms with van der Waals surface area (Å²) in [5.41, 5.74) is 0.606. The molecule has 0 atom stereocenters. The van der Waals surface area contributed by atoms with Crippen molar-refractivity contribution in [3.63, 3.8) is 0 Å². The summed E-state index contributed by atoms with van der Waals surface area (Å²) in [6.45, 7) is 0.202. The summed E-state index contributed by atoms with van der Waals surface area (Å²) in [4.78, 5) is 4.14. The Hall–Kier alpha value is -2.91. The van der Waals surface area contributed by atoms with E-state index in [1.54, 1.807) is 36.4 Å². The standard InChI is InChI=1S/C20H14BrFN2O4S/c21-14-5-3-13(4-6-14)18-24-20(19(28-18)23-12-16-2-1-11-27-16)29(25,26)17-9-7-15(22)8-10-17/h1-11,23H,12H2. The number of sulfone groups is 1. The summed E-state index contributed by atoms with van der Waals surface area (Å²) in [5.74, 6) is 0.177. The fourth-order valence-electron chi connectivity index (χ4n) is 2.62. The molecular formula is C20H14BrFN2O4S. The van der Waals surface area contributed by atoms with Crippen LogP contribution in [-0.4, -0.2) is 13.4 Å². The predicted octanol–water partition coefficient (Wildman–Crippen LogP) is 5.28. The summed E-state index contributed by atoms with van der Waals surface area (Å²) in [6, 6.07) is 15.1. The average Bonchev–Trinajstić information content (AvgIpc) is 3.37. The Morgan fingerprint density at radius 3 is 2.41 bits per heavy atom. The minimum absolute atomic E-state index is 0.0244. The van der Waals surface area contributed by atoms with Gasteiger partial charge in [0.05, 0.1) is 17.7 Å². The van der Waals surface area contributed by atoms with E-state index in [9.17, 15) is 12.8 Å². The molecule has 4 rings (SSSR count). The quantitative estimate of drug-likeness (QED) is 0.381. The van der Waals surface area contributed by atoms with E-state index in [1.165, 1.54) is 18.4 Å². The summed E-state index contributed by atoms with van der Waals surface area (Å²) >= 11 is 3.35. The van der Waals surface area contributed by atoms with E-state index in [2.05, 4.69) is 26.2 Å². The van der Waals surface area contributed by atoms with Crippen LogP contribution in [0.4, 0.5) is 10.3 Å². The molecule has 0 saturated heterocycles. The molecule has 0 unspecified atom stereocenters. The fourth-order valence-corrected chi connectivity index (χ4v) is 4.16. The first-order chi connectivity index (χ1) is 13.9. The molecule has 9 heteroatoms. The zero-order valence-corrected chi connectivity index (χ0v) is 17.2. The van der Waals surface area contributed by atoms with Crippen LogP contribution in [0.3, 0.4) is 0 Å². The van der Waals surface area contributed by atoms with E-state index in [-0.39, 0.29) is 28.2 Å². The molecule has 0 spiro atoms. The van der Waals surface area contributed by atoms with Crippen molar-refractivity contribution in [3.05, 3.63) is 83.0 Å². The molecule has 2 heterocycles. The first kappa shape index (κ1) is 19.4. The molecule has 29 heavy (non-hydrogen) atoms. The molecule has 148 valence electrons. The minimum Gasteiger partial charge on any atom is -0.467 e. The van der Waals surface area contributed by atoms with Crippen molar-refractivity contribution in [2.24, 2.45) is 0 Å². The Balaban J connectivity index is 1.77. The second kappa shape index (κ2) is 7.84. The number of hydrogen-bond acceptors (Lipinski definition) is 6. The smallest absolute Gasteiger partial charge is 0.234 e. The molecule has 6 nitrogen and oxygen atoms in total. The van der Waals surface area contributed by atoms with Crippen molar-refractivity contribution in [2.75, 3.05) is 5.32 Å². The Kier molecular flexibility index (Phi) is 5.25. The Bertz CT molecular complexity index is 1220. The fraction of sp³-hybridized carbons (Fsp3) is 0.0500. The van der Waals surface area contributed by atoms with Crippen molar-refractivity contribution >= 4 is 31.7 Å². The predicted molar refractivity (Wildman–Crippen MR) is 108 cm³/mol. The molecule has 0 fully saturated rings. The van der Waals surface area contributed by atoms with Crippen LogP contribution < -0.4 is 5.32 Å². The summed E-state index contributed by atoms with van der Waals surface area (Å²) in [5, 5.41) is 2.64. The topological polar surface area (TPSA) is 85.3 Å². The Labute approximate surface area is 174 Å². The number of anilines is 1. The van der Waals surface area contributed by atoms with Gasteiger partial charge in [0.25, 0.3) is 0 Å². The third-order valence-electron chi connectivity index (χ3n) is 4.07. The molecule has 1 N–H and O–H groups in total. The third-order valence-corrected chi connectivity index (χ3v) is 6.28. The van der Waals surface area contributed by atoms with Crippen molar-refractivity contribution in [2.45, 2.75) is 16.5 Å².